The van der Waals surface area contributed by atoms with Crippen molar-refractivity contribution >= 4 is 7.60 Å². The van der Waals surface area contributed by atoms with Crippen LogP contribution in [0.5, 0.6) is 11.5 Å². The number of ether oxygens (including phenoxy) is 1. The molecule has 1 aromatic carbocycles. The smallest absolute Gasteiger partial charge is 0.325 e. The van der Waals surface area contributed by atoms with Crippen molar-refractivity contribution in [3.05, 3.63) is 23.3 Å². The second-order valence-corrected chi connectivity index (χ2v) is 5.77. The van der Waals surface area contributed by atoms with Crippen LogP contribution in [0.4, 0.5) is 0 Å². The van der Waals surface area contributed by atoms with Gasteiger partial charge in [0.05, 0.1) is 12.8 Å². The summed E-state index contributed by atoms with van der Waals surface area (Å²) in [6.07, 6.45) is 0.117. The van der Waals surface area contributed by atoms with Gasteiger partial charge in [0.2, 0.25) is 0 Å². The van der Waals surface area contributed by atoms with Crippen molar-refractivity contribution in [2.75, 3.05) is 12.8 Å². The van der Waals surface area contributed by atoms with Crippen LogP contribution in [0.3, 0.4) is 0 Å². The Morgan fingerprint density at radius 2 is 1.76 bits per heavy atom. The van der Waals surface area contributed by atoms with E-state index in [1.165, 1.54) is 0 Å². The highest BCUT2D eigenvalue weighted by Gasteiger charge is 2.12. The van der Waals surface area contributed by atoms with E-state index < -0.39 is 7.60 Å². The van der Waals surface area contributed by atoms with Crippen molar-refractivity contribution in [1.82, 2.24) is 0 Å². The summed E-state index contributed by atoms with van der Waals surface area (Å²) in [7, 11) is -3.93. The standard InChI is InChI=1S/C11H17O5P/c1-8-6-10(7-9(2)11(8)12)16-4-3-5-17(13,14)15/h6-7,12H,3-5H2,1-2H3,(H2,13,14,15). The molecular weight excluding hydrogens is 243 g/mol. The monoisotopic (exact) mass is 260 g/mol. The zero-order valence-corrected chi connectivity index (χ0v) is 10.8. The largest absolute Gasteiger partial charge is 0.507 e. The molecule has 17 heavy (non-hydrogen) atoms. The Bertz CT molecular complexity index is 414. The predicted molar refractivity (Wildman–Crippen MR) is 64.6 cm³/mol. The average molecular weight is 260 g/mol. The van der Waals surface area contributed by atoms with Gasteiger partial charge in [0.15, 0.2) is 0 Å². The van der Waals surface area contributed by atoms with E-state index in [0.717, 1.165) is 11.1 Å². The number of aromatic hydroxyl groups is 1. The third kappa shape index (κ3) is 4.77. The predicted octanol–water partition coefficient (Wildman–Crippen LogP) is 1.96. The quantitative estimate of drug-likeness (QED) is 0.556. The summed E-state index contributed by atoms with van der Waals surface area (Å²) < 4.78 is 16.0. The average Bonchev–Trinajstić information content (AvgIpc) is 2.19. The summed E-state index contributed by atoms with van der Waals surface area (Å²) in [5.74, 6) is 0.844. The van der Waals surface area contributed by atoms with Crippen LogP contribution in [0.25, 0.3) is 0 Å². The molecule has 0 unspecified atom stereocenters. The Morgan fingerprint density at radius 3 is 2.24 bits per heavy atom. The number of phenolic OH excluding ortho intramolecular Hbond substituents is 1. The second kappa shape index (κ2) is 5.54. The lowest BCUT2D eigenvalue weighted by atomic mass is 10.1. The molecule has 3 N–H and O–H groups in total. The molecule has 0 amide bonds. The normalized spacial score (nSPS) is 11.5. The highest BCUT2D eigenvalue weighted by Crippen LogP contribution is 2.35. The Hall–Kier alpha value is -1.03. The third-order valence-corrected chi connectivity index (χ3v) is 3.23. The Labute approximate surface area is 100 Å². The lowest BCUT2D eigenvalue weighted by Gasteiger charge is -2.10. The molecule has 0 spiro atoms. The molecule has 5 nitrogen and oxygen atoms in total. The fourth-order valence-corrected chi connectivity index (χ4v) is 2.00. The van der Waals surface area contributed by atoms with Crippen molar-refractivity contribution in [2.24, 2.45) is 0 Å². The van der Waals surface area contributed by atoms with Gasteiger partial charge in [0.25, 0.3) is 0 Å². The van der Waals surface area contributed by atoms with E-state index in [1.54, 1.807) is 26.0 Å². The molecule has 6 heteroatoms. The van der Waals surface area contributed by atoms with Crippen LogP contribution in [-0.2, 0) is 4.57 Å². The summed E-state index contributed by atoms with van der Waals surface area (Å²) in [4.78, 5) is 17.3. The molecule has 0 radical (unpaired) electrons. The van der Waals surface area contributed by atoms with E-state index in [2.05, 4.69) is 0 Å². The minimum Gasteiger partial charge on any atom is -0.507 e. The molecule has 0 atom stereocenters. The number of benzene rings is 1. The van der Waals surface area contributed by atoms with Crippen molar-refractivity contribution in [3.63, 3.8) is 0 Å². The van der Waals surface area contributed by atoms with Crippen molar-refractivity contribution in [2.45, 2.75) is 20.3 Å². The van der Waals surface area contributed by atoms with Crippen molar-refractivity contribution < 1.29 is 24.2 Å². The molecule has 1 aromatic rings. The first kappa shape index (κ1) is 14.0. The van der Waals surface area contributed by atoms with Crippen LogP contribution < -0.4 is 4.74 Å². The van der Waals surface area contributed by atoms with Crippen LogP contribution in [0, 0.1) is 13.8 Å². The van der Waals surface area contributed by atoms with Gasteiger partial charge in [-0.05, 0) is 43.5 Å². The summed E-state index contributed by atoms with van der Waals surface area (Å²) in [5, 5.41) is 9.55. The van der Waals surface area contributed by atoms with Gasteiger partial charge < -0.3 is 19.6 Å². The van der Waals surface area contributed by atoms with E-state index in [9.17, 15) is 9.67 Å². The molecule has 0 aliphatic carbocycles. The maximum Gasteiger partial charge on any atom is 0.325 e. The van der Waals surface area contributed by atoms with Crippen LogP contribution >= 0.6 is 7.60 Å². The van der Waals surface area contributed by atoms with E-state index in [-0.39, 0.29) is 18.5 Å². The van der Waals surface area contributed by atoms with E-state index in [0.29, 0.717) is 12.2 Å². The Morgan fingerprint density at radius 1 is 1.24 bits per heavy atom. The van der Waals surface area contributed by atoms with Gasteiger partial charge >= 0.3 is 7.60 Å². The highest BCUT2D eigenvalue weighted by atomic mass is 31.2. The Kier molecular flexibility index (Phi) is 4.57. The fraction of sp³-hybridized carbons (Fsp3) is 0.455. The molecule has 0 saturated heterocycles. The first-order valence-corrected chi connectivity index (χ1v) is 7.07. The number of phenols is 1. The molecule has 0 saturated carbocycles. The molecular formula is C11H17O5P. The van der Waals surface area contributed by atoms with Crippen molar-refractivity contribution in [1.29, 1.82) is 0 Å². The van der Waals surface area contributed by atoms with Crippen LogP contribution in [0.1, 0.15) is 17.5 Å². The molecule has 1 rings (SSSR count). The topological polar surface area (TPSA) is 87.0 Å². The molecule has 0 aliphatic heterocycles. The fourth-order valence-electron chi connectivity index (χ4n) is 1.46. The molecule has 0 heterocycles. The van der Waals surface area contributed by atoms with Gasteiger partial charge in [-0.3, -0.25) is 4.57 Å². The number of hydrogen-bond donors (Lipinski definition) is 3. The highest BCUT2D eigenvalue weighted by molar-refractivity contribution is 7.51. The van der Waals surface area contributed by atoms with Crippen LogP contribution in [0.2, 0.25) is 0 Å². The number of hydrogen-bond acceptors (Lipinski definition) is 3. The minimum absolute atomic E-state index is 0.178. The molecule has 0 aliphatic rings. The third-order valence-electron chi connectivity index (χ3n) is 2.33. The Balaban J connectivity index is 2.50. The number of aryl methyl sites for hydroxylation is 2. The van der Waals surface area contributed by atoms with Gasteiger partial charge in [0.1, 0.15) is 11.5 Å². The molecule has 0 bridgehead atoms. The van der Waals surface area contributed by atoms with Gasteiger partial charge in [0, 0.05) is 0 Å². The van der Waals surface area contributed by atoms with Crippen LogP contribution in [0.15, 0.2) is 12.1 Å². The van der Waals surface area contributed by atoms with Crippen LogP contribution in [-0.4, -0.2) is 27.7 Å². The summed E-state index contributed by atoms with van der Waals surface area (Å²) in [6.45, 7) is 3.78. The maximum absolute atomic E-state index is 10.6. The van der Waals surface area contributed by atoms with Gasteiger partial charge in [-0.25, -0.2) is 0 Å². The van der Waals surface area contributed by atoms with Gasteiger partial charge in [-0.1, -0.05) is 0 Å². The maximum atomic E-state index is 10.6. The minimum atomic E-state index is -3.93. The summed E-state index contributed by atoms with van der Waals surface area (Å²) in [5.41, 5.74) is 1.44. The van der Waals surface area contributed by atoms with Gasteiger partial charge in [-0.2, -0.15) is 0 Å². The van der Waals surface area contributed by atoms with Gasteiger partial charge in [-0.15, -0.1) is 0 Å². The molecule has 0 aromatic heterocycles. The molecule has 96 valence electrons. The lowest BCUT2D eigenvalue weighted by Crippen LogP contribution is -2.01. The molecule has 0 fully saturated rings. The van der Waals surface area contributed by atoms with E-state index in [1.807, 2.05) is 0 Å². The number of rotatable bonds is 5. The van der Waals surface area contributed by atoms with E-state index in [4.69, 9.17) is 14.5 Å². The summed E-state index contributed by atoms with van der Waals surface area (Å²) >= 11 is 0. The second-order valence-electron chi connectivity index (χ2n) is 4.00. The first-order chi connectivity index (χ1) is 7.79. The summed E-state index contributed by atoms with van der Waals surface area (Å²) in [6, 6.07) is 3.39. The van der Waals surface area contributed by atoms with E-state index >= 15 is 0 Å². The SMILES string of the molecule is Cc1cc(OCCCP(=O)(O)O)cc(C)c1O. The lowest BCUT2D eigenvalue weighted by molar-refractivity contribution is 0.308. The van der Waals surface area contributed by atoms with Crippen molar-refractivity contribution in [3.8, 4) is 11.5 Å². The zero-order valence-electron chi connectivity index (χ0n) is 9.88. The zero-order chi connectivity index (χ0) is 13.1. The first-order valence-electron chi connectivity index (χ1n) is 5.27.